The van der Waals surface area contributed by atoms with Gasteiger partial charge in [-0.15, -0.1) is 0 Å². The third-order valence-corrected chi connectivity index (χ3v) is 4.44. The van der Waals surface area contributed by atoms with E-state index in [1.165, 1.54) is 12.6 Å². The first-order valence-electron chi connectivity index (χ1n) is 9.90. The zero-order valence-electron chi connectivity index (χ0n) is 17.5. The second-order valence-electron chi connectivity index (χ2n) is 7.75. The second-order valence-corrected chi connectivity index (χ2v) is 7.75. The molecule has 28 heavy (non-hydrogen) atoms. The monoisotopic (exact) mass is 392 g/mol. The van der Waals surface area contributed by atoms with Crippen molar-refractivity contribution >= 4 is 17.8 Å². The van der Waals surface area contributed by atoms with Crippen molar-refractivity contribution in [2.24, 2.45) is 0 Å². The first kappa shape index (κ1) is 21.8. The molecule has 0 aromatic carbocycles. The molecule has 1 aromatic rings. The molecule has 0 aliphatic heterocycles. The third kappa shape index (κ3) is 5.74. The number of ether oxygens (including phenoxy) is 2. The van der Waals surface area contributed by atoms with E-state index < -0.39 is 11.9 Å². The van der Waals surface area contributed by atoms with Crippen LogP contribution in [-0.4, -0.2) is 41.5 Å². The van der Waals surface area contributed by atoms with Crippen LogP contribution in [0.15, 0.2) is 18.0 Å². The molecule has 1 aromatic heterocycles. The molecule has 1 aliphatic carbocycles. The number of hydrogen-bond donors (Lipinski definition) is 2. The van der Waals surface area contributed by atoms with E-state index in [1.807, 2.05) is 10.7 Å². The standard InChI is InChI=1S/C20H32N4O4/c1-6-27-18(25)13-21-12-16(19(26)28-7-2)22-17-11-15(14-9-8-10-14)23-24(17)20(3,4)5/h11-12,14,21-22H,6-10,13H2,1-5H3/b16-12+. The van der Waals surface area contributed by atoms with E-state index in [0.29, 0.717) is 18.3 Å². The Morgan fingerprint density at radius 3 is 2.46 bits per heavy atom. The first-order chi connectivity index (χ1) is 13.3. The third-order valence-electron chi connectivity index (χ3n) is 4.44. The number of anilines is 1. The van der Waals surface area contributed by atoms with Crippen molar-refractivity contribution in [3.8, 4) is 0 Å². The van der Waals surface area contributed by atoms with Crippen molar-refractivity contribution < 1.29 is 19.1 Å². The van der Waals surface area contributed by atoms with E-state index in [1.54, 1.807) is 13.8 Å². The van der Waals surface area contributed by atoms with Crippen LogP contribution in [0.3, 0.4) is 0 Å². The zero-order valence-corrected chi connectivity index (χ0v) is 17.5. The highest BCUT2D eigenvalue weighted by Crippen LogP contribution is 2.37. The minimum absolute atomic E-state index is 0.0374. The van der Waals surface area contributed by atoms with Crippen molar-refractivity contribution in [3.05, 3.63) is 23.7 Å². The molecule has 2 rings (SSSR count). The van der Waals surface area contributed by atoms with Crippen LogP contribution in [0.5, 0.6) is 0 Å². The molecule has 156 valence electrons. The predicted molar refractivity (Wildman–Crippen MR) is 107 cm³/mol. The van der Waals surface area contributed by atoms with Crippen molar-refractivity contribution in [2.45, 2.75) is 65.3 Å². The van der Waals surface area contributed by atoms with E-state index in [0.717, 1.165) is 18.5 Å². The SMILES string of the molecule is CCOC(=O)CN/C=C(/Nc1cc(C2CCC2)nn1C(C)(C)C)C(=O)OCC. The maximum absolute atomic E-state index is 12.4. The van der Waals surface area contributed by atoms with Crippen LogP contribution in [0.25, 0.3) is 0 Å². The van der Waals surface area contributed by atoms with Crippen LogP contribution >= 0.6 is 0 Å². The minimum Gasteiger partial charge on any atom is -0.465 e. The van der Waals surface area contributed by atoms with Crippen LogP contribution in [0, 0.1) is 0 Å². The summed E-state index contributed by atoms with van der Waals surface area (Å²) in [6.07, 6.45) is 4.95. The van der Waals surface area contributed by atoms with Crippen LogP contribution in [-0.2, 0) is 24.6 Å². The summed E-state index contributed by atoms with van der Waals surface area (Å²) in [6, 6.07) is 1.99. The molecule has 0 radical (unpaired) electrons. The van der Waals surface area contributed by atoms with Gasteiger partial charge in [0, 0.05) is 18.2 Å². The fourth-order valence-corrected chi connectivity index (χ4v) is 2.84. The summed E-state index contributed by atoms with van der Waals surface area (Å²) in [5.41, 5.74) is 0.978. The average Bonchev–Trinajstić information content (AvgIpc) is 2.96. The molecular formula is C20H32N4O4. The second kappa shape index (κ2) is 9.61. The molecule has 0 amide bonds. The van der Waals surface area contributed by atoms with Gasteiger partial charge in [-0.05, 0) is 47.5 Å². The largest absolute Gasteiger partial charge is 0.465 e. The van der Waals surface area contributed by atoms with Gasteiger partial charge in [-0.2, -0.15) is 5.10 Å². The van der Waals surface area contributed by atoms with Crippen molar-refractivity contribution in [3.63, 3.8) is 0 Å². The normalized spacial score (nSPS) is 15.0. The van der Waals surface area contributed by atoms with Crippen LogP contribution in [0.2, 0.25) is 0 Å². The zero-order chi connectivity index (χ0) is 20.7. The molecule has 1 fully saturated rings. The number of carbonyl (C=O) groups excluding carboxylic acids is 2. The fraction of sp³-hybridized carbons (Fsp3) is 0.650. The van der Waals surface area contributed by atoms with E-state index in [2.05, 4.69) is 31.4 Å². The highest BCUT2D eigenvalue weighted by atomic mass is 16.5. The van der Waals surface area contributed by atoms with Gasteiger partial charge >= 0.3 is 11.9 Å². The van der Waals surface area contributed by atoms with Gasteiger partial charge in [0.15, 0.2) is 0 Å². The number of esters is 2. The minimum atomic E-state index is -0.509. The number of rotatable bonds is 9. The summed E-state index contributed by atoms with van der Waals surface area (Å²) in [5.74, 6) is 0.285. The maximum Gasteiger partial charge on any atom is 0.356 e. The molecule has 0 unspecified atom stereocenters. The lowest BCUT2D eigenvalue weighted by Gasteiger charge is -2.24. The number of aromatic nitrogens is 2. The Labute approximate surface area is 166 Å². The summed E-state index contributed by atoms with van der Waals surface area (Å²) in [6.45, 7) is 10.2. The lowest BCUT2D eigenvalue weighted by molar-refractivity contribution is -0.142. The van der Waals surface area contributed by atoms with Crippen LogP contribution in [0.1, 0.15) is 65.5 Å². The van der Waals surface area contributed by atoms with Gasteiger partial charge in [0.05, 0.1) is 24.4 Å². The van der Waals surface area contributed by atoms with Crippen LogP contribution < -0.4 is 10.6 Å². The van der Waals surface area contributed by atoms with Crippen LogP contribution in [0.4, 0.5) is 5.82 Å². The lowest BCUT2D eigenvalue weighted by atomic mass is 9.83. The Balaban J connectivity index is 2.23. The van der Waals surface area contributed by atoms with Crippen molar-refractivity contribution in [1.82, 2.24) is 15.1 Å². The number of nitrogens with one attached hydrogen (secondary N) is 2. The molecule has 0 spiro atoms. The predicted octanol–water partition coefficient (Wildman–Crippen LogP) is 2.87. The topological polar surface area (TPSA) is 94.5 Å². The smallest absolute Gasteiger partial charge is 0.356 e. The van der Waals surface area contributed by atoms with Crippen molar-refractivity contribution in [1.29, 1.82) is 0 Å². The summed E-state index contributed by atoms with van der Waals surface area (Å²) >= 11 is 0. The fourth-order valence-electron chi connectivity index (χ4n) is 2.84. The number of nitrogens with zero attached hydrogens (tertiary/aromatic N) is 2. The van der Waals surface area contributed by atoms with Gasteiger partial charge in [0.2, 0.25) is 0 Å². The summed E-state index contributed by atoms with van der Waals surface area (Å²) in [5, 5.41) is 10.7. The molecule has 1 aliphatic rings. The number of hydrogen-bond acceptors (Lipinski definition) is 7. The Hall–Kier alpha value is -2.51. The summed E-state index contributed by atoms with van der Waals surface area (Å²) in [4.78, 5) is 23.9. The maximum atomic E-state index is 12.4. The molecule has 1 heterocycles. The Kier molecular flexibility index (Phi) is 7.48. The average molecular weight is 393 g/mol. The Morgan fingerprint density at radius 1 is 1.25 bits per heavy atom. The molecule has 0 bridgehead atoms. The summed E-state index contributed by atoms with van der Waals surface area (Å²) < 4.78 is 11.9. The van der Waals surface area contributed by atoms with Gasteiger partial charge in [0.1, 0.15) is 18.1 Å². The van der Waals surface area contributed by atoms with Crippen molar-refractivity contribution in [2.75, 3.05) is 25.1 Å². The van der Waals surface area contributed by atoms with Gasteiger partial charge in [0.25, 0.3) is 0 Å². The van der Waals surface area contributed by atoms with E-state index in [9.17, 15) is 9.59 Å². The molecule has 0 saturated heterocycles. The van der Waals surface area contributed by atoms with Gasteiger partial charge < -0.3 is 20.1 Å². The van der Waals surface area contributed by atoms with E-state index >= 15 is 0 Å². The molecule has 8 heteroatoms. The lowest BCUT2D eigenvalue weighted by Crippen LogP contribution is -2.28. The van der Waals surface area contributed by atoms with E-state index in [4.69, 9.17) is 14.6 Å². The molecule has 1 saturated carbocycles. The van der Waals surface area contributed by atoms with Gasteiger partial charge in [-0.25, -0.2) is 9.48 Å². The Bertz CT molecular complexity index is 714. The molecule has 2 N–H and O–H groups in total. The van der Waals surface area contributed by atoms with E-state index in [-0.39, 0.29) is 24.4 Å². The molecular weight excluding hydrogens is 360 g/mol. The summed E-state index contributed by atoms with van der Waals surface area (Å²) in [7, 11) is 0. The Morgan fingerprint density at radius 2 is 1.93 bits per heavy atom. The quantitative estimate of drug-likeness (QED) is 0.493. The molecule has 0 atom stereocenters. The highest BCUT2D eigenvalue weighted by molar-refractivity contribution is 5.91. The first-order valence-corrected chi connectivity index (χ1v) is 9.90. The molecule has 8 nitrogen and oxygen atoms in total. The highest BCUT2D eigenvalue weighted by Gasteiger charge is 2.27. The van der Waals surface area contributed by atoms with Gasteiger partial charge in [-0.1, -0.05) is 6.42 Å². The van der Waals surface area contributed by atoms with Gasteiger partial charge in [-0.3, -0.25) is 4.79 Å². The number of carbonyl (C=O) groups is 2.